The second-order valence-corrected chi connectivity index (χ2v) is 8.45. The highest BCUT2D eigenvalue weighted by atomic mass is 32.2. The average Bonchev–Trinajstić information content (AvgIpc) is 3.18. The van der Waals surface area contributed by atoms with Crippen LogP contribution < -0.4 is 0 Å². The molecule has 2 unspecified atom stereocenters. The van der Waals surface area contributed by atoms with Gasteiger partial charge in [-0.25, -0.2) is 4.58 Å². The second kappa shape index (κ2) is 4.47. The summed E-state index contributed by atoms with van der Waals surface area (Å²) < 4.78 is 4.89. The SMILES string of the molecule is Cc1cc2c3ccccc3n3c2c(c1C)C1=[N+](C)C=CC2SC=C3C12. The zero-order valence-corrected chi connectivity index (χ0v) is 15.4. The molecule has 0 N–H and O–H groups in total. The molecule has 0 amide bonds. The first kappa shape index (κ1) is 14.0. The van der Waals surface area contributed by atoms with Gasteiger partial charge in [0.25, 0.3) is 0 Å². The van der Waals surface area contributed by atoms with E-state index in [9.17, 15) is 0 Å². The summed E-state index contributed by atoms with van der Waals surface area (Å²) in [5.74, 6) is 0.451. The van der Waals surface area contributed by atoms with Crippen LogP contribution in [0.3, 0.4) is 0 Å². The summed E-state index contributed by atoms with van der Waals surface area (Å²) in [7, 11) is 2.20. The molecule has 4 heterocycles. The number of aryl methyl sites for hydroxylation is 1. The lowest BCUT2D eigenvalue weighted by atomic mass is 9.82. The Hall–Kier alpha value is -2.26. The van der Waals surface area contributed by atoms with Crippen molar-refractivity contribution in [3.05, 3.63) is 64.7 Å². The molecule has 0 bridgehead atoms. The minimum atomic E-state index is 0.451. The predicted molar refractivity (Wildman–Crippen MR) is 107 cm³/mol. The number of nitrogens with zero attached hydrogens (tertiary/aromatic N) is 2. The molecule has 0 saturated heterocycles. The van der Waals surface area contributed by atoms with Gasteiger partial charge in [0, 0.05) is 16.5 Å². The van der Waals surface area contributed by atoms with Crippen LogP contribution in [0.15, 0.2) is 48.0 Å². The van der Waals surface area contributed by atoms with Gasteiger partial charge in [0.05, 0.1) is 21.8 Å². The lowest BCUT2D eigenvalue weighted by Crippen LogP contribution is -2.37. The van der Waals surface area contributed by atoms with E-state index in [-0.39, 0.29) is 0 Å². The molecule has 0 spiro atoms. The van der Waals surface area contributed by atoms with Crippen LogP contribution in [0.1, 0.15) is 16.7 Å². The second-order valence-electron chi connectivity index (χ2n) is 7.40. The van der Waals surface area contributed by atoms with Crippen LogP contribution in [0, 0.1) is 19.8 Å². The summed E-state index contributed by atoms with van der Waals surface area (Å²) in [6.07, 6.45) is 4.62. The number of aromatic nitrogens is 1. The highest BCUT2D eigenvalue weighted by molar-refractivity contribution is 8.03. The van der Waals surface area contributed by atoms with E-state index in [1.165, 1.54) is 49.9 Å². The van der Waals surface area contributed by atoms with Crippen molar-refractivity contribution < 1.29 is 4.58 Å². The lowest BCUT2D eigenvalue weighted by Gasteiger charge is -2.30. The monoisotopic (exact) mass is 343 g/mol. The third kappa shape index (κ3) is 1.52. The highest BCUT2D eigenvalue weighted by Gasteiger charge is 2.47. The molecule has 3 aliphatic heterocycles. The van der Waals surface area contributed by atoms with Crippen molar-refractivity contribution >= 4 is 45.0 Å². The van der Waals surface area contributed by atoms with Crippen molar-refractivity contribution in [3.8, 4) is 0 Å². The Kier molecular flexibility index (Phi) is 2.50. The maximum Gasteiger partial charge on any atom is 0.201 e. The van der Waals surface area contributed by atoms with Crippen LogP contribution in [-0.4, -0.2) is 27.2 Å². The quantitative estimate of drug-likeness (QED) is 0.526. The smallest absolute Gasteiger partial charge is 0.201 e. The Morgan fingerprint density at radius 2 is 1.96 bits per heavy atom. The molecule has 2 nitrogen and oxygen atoms in total. The Morgan fingerprint density at radius 1 is 1.12 bits per heavy atom. The van der Waals surface area contributed by atoms with Gasteiger partial charge < -0.3 is 4.57 Å². The van der Waals surface area contributed by atoms with Crippen LogP contribution in [0.5, 0.6) is 0 Å². The van der Waals surface area contributed by atoms with Crippen LogP contribution >= 0.6 is 11.8 Å². The fourth-order valence-electron chi connectivity index (χ4n) is 4.90. The fourth-order valence-corrected chi connectivity index (χ4v) is 6.03. The Labute approximate surface area is 151 Å². The van der Waals surface area contributed by atoms with Gasteiger partial charge in [-0.1, -0.05) is 18.2 Å². The number of rotatable bonds is 0. The van der Waals surface area contributed by atoms with E-state index in [4.69, 9.17) is 0 Å². The molecule has 3 aromatic rings. The van der Waals surface area contributed by atoms with Gasteiger partial charge in [-0.05, 0) is 48.6 Å². The molecular formula is C22H19N2S+. The van der Waals surface area contributed by atoms with Gasteiger partial charge in [-0.15, -0.1) is 11.8 Å². The van der Waals surface area contributed by atoms with Gasteiger partial charge in [-0.3, -0.25) is 0 Å². The first-order valence-corrected chi connectivity index (χ1v) is 9.78. The van der Waals surface area contributed by atoms with Gasteiger partial charge >= 0.3 is 0 Å². The molecule has 122 valence electrons. The zero-order chi connectivity index (χ0) is 16.9. The third-order valence-corrected chi connectivity index (χ3v) is 7.28. The molecule has 3 aliphatic rings. The minimum Gasteiger partial charge on any atom is -0.311 e. The summed E-state index contributed by atoms with van der Waals surface area (Å²) in [4.78, 5) is 0. The number of hydrogen-bond donors (Lipinski definition) is 0. The first-order valence-electron chi connectivity index (χ1n) is 8.84. The minimum absolute atomic E-state index is 0.451. The maximum atomic E-state index is 2.54. The van der Waals surface area contributed by atoms with E-state index in [1.807, 2.05) is 11.8 Å². The molecule has 0 fully saturated rings. The van der Waals surface area contributed by atoms with Crippen LogP contribution in [0.25, 0.3) is 27.5 Å². The summed E-state index contributed by atoms with van der Waals surface area (Å²) in [6.45, 7) is 4.54. The Bertz CT molecular complexity index is 1210. The average molecular weight is 343 g/mol. The molecule has 0 saturated carbocycles. The van der Waals surface area contributed by atoms with Gasteiger partial charge in [0.1, 0.15) is 13.0 Å². The first-order chi connectivity index (χ1) is 12.2. The molecule has 3 heteroatoms. The molecule has 2 atom stereocenters. The van der Waals surface area contributed by atoms with E-state index >= 15 is 0 Å². The van der Waals surface area contributed by atoms with E-state index in [0.717, 1.165) is 0 Å². The summed E-state index contributed by atoms with van der Waals surface area (Å²) in [5, 5.41) is 5.66. The van der Waals surface area contributed by atoms with E-state index in [2.05, 4.69) is 78.1 Å². The number of para-hydroxylation sites is 1. The van der Waals surface area contributed by atoms with E-state index in [1.54, 1.807) is 0 Å². The normalized spacial score (nSPS) is 23.6. The lowest BCUT2D eigenvalue weighted by molar-refractivity contribution is -0.425. The number of fused-ring (bicyclic) bond motifs is 5. The maximum absolute atomic E-state index is 2.54. The zero-order valence-electron chi connectivity index (χ0n) is 14.6. The van der Waals surface area contributed by atoms with Gasteiger partial charge in [0.15, 0.2) is 6.20 Å². The fraction of sp³-hybridized carbons (Fsp3) is 0.227. The number of thioether (sulfide) groups is 1. The van der Waals surface area contributed by atoms with Crippen molar-refractivity contribution in [2.45, 2.75) is 19.1 Å². The number of benzene rings is 2. The topological polar surface area (TPSA) is 7.94 Å². The molecule has 1 aromatic heterocycles. The molecular weight excluding hydrogens is 324 g/mol. The standard InChI is InChI=1S/C22H19N2S/c1-12-10-15-14-6-4-5-7-16(14)24-17-11-25-18-8-9-23(3)22(20(17)18)19(13(12)2)21(15)24/h4-11,18,20H,1-3H3/q+1. The van der Waals surface area contributed by atoms with Crippen molar-refractivity contribution in [3.63, 3.8) is 0 Å². The Balaban J connectivity index is 1.95. The number of allylic oxidation sites excluding steroid dienone is 1. The molecule has 2 aromatic carbocycles. The molecule has 0 radical (unpaired) electrons. The van der Waals surface area contributed by atoms with Crippen molar-refractivity contribution in [1.29, 1.82) is 0 Å². The largest absolute Gasteiger partial charge is 0.311 e. The predicted octanol–water partition coefficient (Wildman–Crippen LogP) is 4.91. The van der Waals surface area contributed by atoms with Crippen LogP contribution in [0.4, 0.5) is 0 Å². The Morgan fingerprint density at radius 3 is 2.84 bits per heavy atom. The molecule has 0 aliphatic carbocycles. The van der Waals surface area contributed by atoms with Crippen molar-refractivity contribution in [1.82, 2.24) is 4.57 Å². The highest BCUT2D eigenvalue weighted by Crippen LogP contribution is 2.50. The van der Waals surface area contributed by atoms with Gasteiger partial charge in [-0.2, -0.15) is 0 Å². The summed E-state index contributed by atoms with van der Waals surface area (Å²) >= 11 is 1.96. The molecule has 25 heavy (non-hydrogen) atoms. The number of hydrogen-bond acceptors (Lipinski definition) is 1. The van der Waals surface area contributed by atoms with Crippen LogP contribution in [-0.2, 0) is 0 Å². The van der Waals surface area contributed by atoms with E-state index < -0.39 is 0 Å². The third-order valence-electron chi connectivity index (χ3n) is 6.16. The van der Waals surface area contributed by atoms with E-state index in [0.29, 0.717) is 11.2 Å². The van der Waals surface area contributed by atoms with Crippen molar-refractivity contribution in [2.75, 3.05) is 7.05 Å². The van der Waals surface area contributed by atoms with Gasteiger partial charge in [0.2, 0.25) is 5.71 Å². The summed E-state index contributed by atoms with van der Waals surface area (Å²) in [5.41, 5.74) is 9.91. The summed E-state index contributed by atoms with van der Waals surface area (Å²) in [6, 6.07) is 11.3. The van der Waals surface area contributed by atoms with Crippen LogP contribution in [0.2, 0.25) is 0 Å². The van der Waals surface area contributed by atoms with Crippen molar-refractivity contribution in [2.24, 2.45) is 5.92 Å². The molecule has 6 rings (SSSR count).